The molecule has 1 amide bonds. The fourth-order valence-electron chi connectivity index (χ4n) is 4.07. The normalized spacial score (nSPS) is 16.4. The second-order valence-electron chi connectivity index (χ2n) is 7.75. The number of fused-ring (bicyclic) bond motifs is 1. The molecule has 1 fully saturated rings. The van der Waals surface area contributed by atoms with Gasteiger partial charge in [-0.15, -0.1) is 0 Å². The molecule has 0 aliphatic carbocycles. The highest BCUT2D eigenvalue weighted by atomic mass is 79.9. The van der Waals surface area contributed by atoms with Gasteiger partial charge in [-0.25, -0.2) is 4.98 Å². The van der Waals surface area contributed by atoms with Gasteiger partial charge in [-0.05, 0) is 43.2 Å². The van der Waals surface area contributed by atoms with Gasteiger partial charge in [-0.1, -0.05) is 28.1 Å². The maximum absolute atomic E-state index is 12.9. The predicted octanol–water partition coefficient (Wildman–Crippen LogP) is 3.24. The van der Waals surface area contributed by atoms with Crippen molar-refractivity contribution in [2.75, 3.05) is 25.1 Å². The van der Waals surface area contributed by atoms with Crippen LogP contribution in [0, 0.1) is 5.92 Å². The summed E-state index contributed by atoms with van der Waals surface area (Å²) >= 11 is 3.46. The van der Waals surface area contributed by atoms with E-state index in [4.69, 9.17) is 4.74 Å². The number of halogens is 1. The van der Waals surface area contributed by atoms with E-state index in [1.807, 2.05) is 47.4 Å². The van der Waals surface area contributed by atoms with Gasteiger partial charge in [0.05, 0.1) is 24.1 Å². The fourth-order valence-corrected chi connectivity index (χ4v) is 4.47. The number of anilines is 1. The number of carbonyl (C=O) groups is 1. The zero-order valence-electron chi connectivity index (χ0n) is 17.6. The number of amides is 1. The fraction of sp³-hybridized carbons (Fsp3) is 0.348. The van der Waals surface area contributed by atoms with Gasteiger partial charge in [0.2, 0.25) is 5.91 Å². The molecule has 1 aromatic heterocycles. The van der Waals surface area contributed by atoms with Crippen molar-refractivity contribution in [1.29, 1.82) is 0 Å². The molecule has 162 valence electrons. The monoisotopic (exact) mass is 484 g/mol. The van der Waals surface area contributed by atoms with E-state index in [1.54, 1.807) is 18.7 Å². The average molecular weight is 485 g/mol. The lowest BCUT2D eigenvalue weighted by molar-refractivity contribution is -0.125. The largest absolute Gasteiger partial charge is 0.496 e. The minimum Gasteiger partial charge on any atom is -0.496 e. The highest BCUT2D eigenvalue weighted by Crippen LogP contribution is 2.24. The minimum atomic E-state index is -0.204. The van der Waals surface area contributed by atoms with E-state index >= 15 is 0 Å². The van der Waals surface area contributed by atoms with E-state index in [0.29, 0.717) is 25.5 Å². The number of aryl methyl sites for hydroxylation is 1. The third-order valence-corrected chi connectivity index (χ3v) is 6.25. The number of benzene rings is 2. The summed E-state index contributed by atoms with van der Waals surface area (Å²) in [7, 11) is 3.38. The highest BCUT2D eigenvalue weighted by molar-refractivity contribution is 9.10. The number of nitrogens with zero attached hydrogens (tertiary/aromatic N) is 3. The third kappa shape index (κ3) is 4.44. The quantitative estimate of drug-likeness (QED) is 0.601. The van der Waals surface area contributed by atoms with E-state index < -0.39 is 0 Å². The summed E-state index contributed by atoms with van der Waals surface area (Å²) in [5.41, 5.74) is 2.33. The molecule has 1 aliphatic heterocycles. The first-order valence-corrected chi connectivity index (χ1v) is 11.1. The maximum Gasteiger partial charge on any atom is 0.293 e. The smallest absolute Gasteiger partial charge is 0.293 e. The van der Waals surface area contributed by atoms with E-state index in [0.717, 1.165) is 39.7 Å². The van der Waals surface area contributed by atoms with Gasteiger partial charge >= 0.3 is 0 Å². The Bertz CT molecular complexity index is 1180. The molecule has 2 heterocycles. The molecule has 3 aromatic rings. The molecule has 4 rings (SSSR count). The van der Waals surface area contributed by atoms with Gasteiger partial charge < -0.3 is 19.5 Å². The minimum absolute atomic E-state index is 0.0238. The van der Waals surface area contributed by atoms with Crippen LogP contribution in [0.2, 0.25) is 0 Å². The number of aromatic nitrogens is 2. The third-order valence-electron chi connectivity index (χ3n) is 5.75. The predicted molar refractivity (Wildman–Crippen MR) is 124 cm³/mol. The summed E-state index contributed by atoms with van der Waals surface area (Å²) in [6.45, 7) is 1.57. The van der Waals surface area contributed by atoms with Crippen LogP contribution >= 0.6 is 15.9 Å². The van der Waals surface area contributed by atoms with Crippen LogP contribution in [-0.2, 0) is 18.4 Å². The number of rotatable bonds is 5. The Morgan fingerprint density at radius 1 is 1.29 bits per heavy atom. The molecule has 1 N–H and O–H groups in total. The summed E-state index contributed by atoms with van der Waals surface area (Å²) in [5, 5.41) is 3.03. The molecule has 0 spiro atoms. The molecule has 8 heteroatoms. The lowest BCUT2D eigenvalue weighted by Crippen LogP contribution is -2.45. The number of hydrogen-bond acceptors (Lipinski definition) is 5. The van der Waals surface area contributed by atoms with Crippen LogP contribution in [-0.4, -0.2) is 35.7 Å². The molecule has 0 radical (unpaired) electrons. The van der Waals surface area contributed by atoms with E-state index in [9.17, 15) is 9.59 Å². The summed E-state index contributed by atoms with van der Waals surface area (Å²) in [6.07, 6.45) is 1.61. The lowest BCUT2D eigenvalue weighted by Gasteiger charge is -2.32. The number of carbonyl (C=O) groups excluding carboxylic acids is 1. The molecule has 1 atom stereocenters. The molecule has 2 aromatic carbocycles. The summed E-state index contributed by atoms with van der Waals surface area (Å²) in [4.78, 5) is 32.4. The van der Waals surface area contributed by atoms with Crippen molar-refractivity contribution in [1.82, 2.24) is 14.9 Å². The van der Waals surface area contributed by atoms with Crippen LogP contribution in [0.3, 0.4) is 0 Å². The summed E-state index contributed by atoms with van der Waals surface area (Å²) in [6, 6.07) is 13.3. The number of hydrogen-bond donors (Lipinski definition) is 1. The van der Waals surface area contributed by atoms with Crippen LogP contribution in [0.25, 0.3) is 11.0 Å². The number of methoxy groups -OCH3 is 1. The number of piperidine rings is 1. The second kappa shape index (κ2) is 9.09. The van der Waals surface area contributed by atoms with Crippen molar-refractivity contribution in [3.63, 3.8) is 0 Å². The van der Waals surface area contributed by atoms with Crippen LogP contribution in [0.5, 0.6) is 5.75 Å². The second-order valence-corrected chi connectivity index (χ2v) is 8.66. The molecule has 1 saturated heterocycles. The first kappa shape index (κ1) is 21.4. The van der Waals surface area contributed by atoms with E-state index in [-0.39, 0.29) is 17.4 Å². The van der Waals surface area contributed by atoms with Gasteiger partial charge in [0, 0.05) is 36.7 Å². The molecule has 1 aliphatic rings. The van der Waals surface area contributed by atoms with Crippen molar-refractivity contribution in [2.24, 2.45) is 13.0 Å². The van der Waals surface area contributed by atoms with Crippen molar-refractivity contribution >= 4 is 38.7 Å². The van der Waals surface area contributed by atoms with E-state index in [2.05, 4.69) is 26.2 Å². The lowest BCUT2D eigenvalue weighted by atomic mass is 9.97. The standard InChI is InChI=1S/C23H25BrN4O3/c1-27-19-8-4-3-7-18(19)26-21(23(27)30)28-11-5-6-15(14-28)22(29)25-13-16-12-17(24)9-10-20(16)31-2/h3-4,7-10,12,15H,5-6,11,13-14H2,1-2H3,(H,25,29)/t15-/m1/s1. The molecular weight excluding hydrogens is 460 g/mol. The molecular formula is C23H25BrN4O3. The van der Waals surface area contributed by atoms with Crippen molar-refractivity contribution in [2.45, 2.75) is 19.4 Å². The SMILES string of the molecule is COc1ccc(Br)cc1CNC(=O)[C@@H]1CCCN(c2nc3ccccc3n(C)c2=O)C1. The number of para-hydroxylation sites is 2. The number of nitrogens with one attached hydrogen (secondary N) is 1. The van der Waals surface area contributed by atoms with Crippen molar-refractivity contribution in [3.8, 4) is 5.75 Å². The Labute approximate surface area is 189 Å². The Balaban J connectivity index is 1.50. The molecule has 0 bridgehead atoms. The molecule has 7 nitrogen and oxygen atoms in total. The summed E-state index contributed by atoms with van der Waals surface area (Å²) < 4.78 is 7.94. The van der Waals surface area contributed by atoms with Crippen LogP contribution in [0.15, 0.2) is 51.7 Å². The Morgan fingerprint density at radius 3 is 2.90 bits per heavy atom. The van der Waals surface area contributed by atoms with Crippen LogP contribution in [0.4, 0.5) is 5.82 Å². The highest BCUT2D eigenvalue weighted by Gasteiger charge is 2.28. The van der Waals surface area contributed by atoms with Gasteiger partial charge in [0.25, 0.3) is 5.56 Å². The van der Waals surface area contributed by atoms with Crippen LogP contribution < -0.4 is 20.5 Å². The van der Waals surface area contributed by atoms with Crippen molar-refractivity contribution in [3.05, 3.63) is 62.9 Å². The average Bonchev–Trinajstić information content (AvgIpc) is 2.80. The van der Waals surface area contributed by atoms with E-state index in [1.165, 1.54) is 0 Å². The molecule has 31 heavy (non-hydrogen) atoms. The Kier molecular flexibility index (Phi) is 6.27. The number of ether oxygens (including phenoxy) is 1. The van der Waals surface area contributed by atoms with Crippen LogP contribution in [0.1, 0.15) is 18.4 Å². The van der Waals surface area contributed by atoms with Gasteiger partial charge in [0.1, 0.15) is 5.75 Å². The first-order valence-electron chi connectivity index (χ1n) is 10.3. The molecule has 0 saturated carbocycles. The van der Waals surface area contributed by atoms with Crippen molar-refractivity contribution < 1.29 is 9.53 Å². The first-order chi connectivity index (χ1) is 15.0. The molecule has 0 unspecified atom stereocenters. The zero-order valence-corrected chi connectivity index (χ0v) is 19.2. The Morgan fingerprint density at radius 2 is 2.10 bits per heavy atom. The zero-order chi connectivity index (χ0) is 22.0. The van der Waals surface area contributed by atoms with Gasteiger partial charge in [0.15, 0.2) is 5.82 Å². The topological polar surface area (TPSA) is 76.5 Å². The Hall–Kier alpha value is -2.87. The summed E-state index contributed by atoms with van der Waals surface area (Å²) in [5.74, 6) is 0.916. The van der Waals surface area contributed by atoms with Gasteiger partial charge in [-0.2, -0.15) is 0 Å². The van der Waals surface area contributed by atoms with Gasteiger partial charge in [-0.3, -0.25) is 9.59 Å². The maximum atomic E-state index is 12.9.